The van der Waals surface area contributed by atoms with Crippen LogP contribution in [0.3, 0.4) is 0 Å². The van der Waals surface area contributed by atoms with Crippen molar-refractivity contribution in [3.05, 3.63) is 29.8 Å². The van der Waals surface area contributed by atoms with Gasteiger partial charge in [-0.15, -0.1) is 0 Å². The van der Waals surface area contributed by atoms with Crippen molar-refractivity contribution in [2.45, 2.75) is 38.6 Å². The third-order valence-corrected chi connectivity index (χ3v) is 4.41. The maximum Gasteiger partial charge on any atom is 0.319 e. The summed E-state index contributed by atoms with van der Waals surface area (Å²) in [6, 6.07) is 8.08. The summed E-state index contributed by atoms with van der Waals surface area (Å²) in [6.45, 7) is 3.93. The van der Waals surface area contributed by atoms with E-state index in [1.165, 1.54) is 0 Å². The van der Waals surface area contributed by atoms with Crippen LogP contribution in [0.15, 0.2) is 24.3 Å². The molecule has 2 rings (SSSR count). The second kappa shape index (κ2) is 9.30. The summed E-state index contributed by atoms with van der Waals surface area (Å²) in [4.78, 5) is 27.4. The lowest BCUT2D eigenvalue weighted by atomic mass is 10.0. The molecular weight excluding hydrogens is 318 g/mol. The molecule has 3 amide bonds. The number of urea groups is 1. The lowest BCUT2D eigenvalue weighted by Gasteiger charge is -2.33. The van der Waals surface area contributed by atoms with E-state index in [2.05, 4.69) is 5.32 Å². The van der Waals surface area contributed by atoms with Gasteiger partial charge in [0.05, 0.1) is 6.61 Å². The van der Waals surface area contributed by atoms with E-state index in [1.54, 1.807) is 19.0 Å². The smallest absolute Gasteiger partial charge is 0.319 e. The number of para-hydroxylation sites is 1. The summed E-state index contributed by atoms with van der Waals surface area (Å²) in [5.41, 5.74) is 1.10. The largest absolute Gasteiger partial charge is 0.493 e. The summed E-state index contributed by atoms with van der Waals surface area (Å²) in [5, 5.41) is 3.07. The lowest BCUT2D eigenvalue weighted by Crippen LogP contribution is -2.49. The van der Waals surface area contributed by atoms with Gasteiger partial charge in [-0.2, -0.15) is 0 Å². The number of carbonyl (C=O) groups is 2. The predicted octanol–water partition coefficient (Wildman–Crippen LogP) is 2.42. The van der Waals surface area contributed by atoms with E-state index in [-0.39, 0.29) is 18.0 Å². The maximum absolute atomic E-state index is 12.1. The minimum Gasteiger partial charge on any atom is -0.493 e. The number of nitrogens with one attached hydrogen (secondary N) is 1. The highest BCUT2D eigenvalue weighted by molar-refractivity contribution is 5.76. The fraction of sp³-hybridized carbons (Fsp3) is 0.579. The van der Waals surface area contributed by atoms with Gasteiger partial charge < -0.3 is 19.9 Å². The third-order valence-electron chi connectivity index (χ3n) is 4.41. The number of ether oxygens (including phenoxy) is 1. The Morgan fingerprint density at radius 2 is 1.92 bits per heavy atom. The monoisotopic (exact) mass is 347 g/mol. The number of nitrogens with zero attached hydrogens (tertiary/aromatic N) is 2. The highest BCUT2D eigenvalue weighted by Crippen LogP contribution is 2.16. The van der Waals surface area contributed by atoms with Crippen molar-refractivity contribution in [3.63, 3.8) is 0 Å². The zero-order valence-electron chi connectivity index (χ0n) is 15.5. The molecule has 0 radical (unpaired) electrons. The number of hydrogen-bond acceptors (Lipinski definition) is 3. The Morgan fingerprint density at radius 3 is 2.56 bits per heavy atom. The normalized spacial score (nSPS) is 14.9. The van der Waals surface area contributed by atoms with Crippen LogP contribution in [0.2, 0.25) is 0 Å². The van der Waals surface area contributed by atoms with Gasteiger partial charge in [-0.25, -0.2) is 4.79 Å². The average Bonchev–Trinajstić information content (AvgIpc) is 2.60. The van der Waals surface area contributed by atoms with Crippen molar-refractivity contribution in [1.82, 2.24) is 15.1 Å². The van der Waals surface area contributed by atoms with Gasteiger partial charge >= 0.3 is 6.03 Å². The predicted molar refractivity (Wildman–Crippen MR) is 97.7 cm³/mol. The Labute approximate surface area is 150 Å². The molecule has 0 aromatic heterocycles. The van der Waals surface area contributed by atoms with Crippen LogP contribution in [0.25, 0.3) is 0 Å². The number of piperidine rings is 1. The molecule has 1 heterocycles. The molecule has 0 spiro atoms. The number of hydrogen-bond donors (Lipinski definition) is 1. The molecule has 0 unspecified atom stereocenters. The maximum atomic E-state index is 12.1. The van der Waals surface area contributed by atoms with Crippen molar-refractivity contribution < 1.29 is 14.3 Å². The molecule has 0 bridgehead atoms. The Balaban J connectivity index is 1.61. The van der Waals surface area contributed by atoms with Crippen molar-refractivity contribution in [3.8, 4) is 5.75 Å². The number of benzene rings is 1. The molecule has 1 N–H and O–H groups in total. The van der Waals surface area contributed by atoms with Gasteiger partial charge in [-0.05, 0) is 37.8 Å². The molecule has 138 valence electrons. The average molecular weight is 347 g/mol. The zero-order chi connectivity index (χ0) is 18.2. The van der Waals surface area contributed by atoms with Crippen LogP contribution in [-0.4, -0.2) is 61.6 Å². The van der Waals surface area contributed by atoms with Gasteiger partial charge in [0.1, 0.15) is 5.75 Å². The molecule has 1 fully saturated rings. The van der Waals surface area contributed by atoms with E-state index in [0.29, 0.717) is 32.5 Å². The third kappa shape index (κ3) is 5.96. The molecule has 1 aromatic carbocycles. The van der Waals surface area contributed by atoms with Crippen molar-refractivity contribution in [1.29, 1.82) is 0 Å². The fourth-order valence-electron chi connectivity index (χ4n) is 2.93. The number of amides is 3. The van der Waals surface area contributed by atoms with Crippen LogP contribution < -0.4 is 10.1 Å². The topological polar surface area (TPSA) is 61.9 Å². The zero-order valence-corrected chi connectivity index (χ0v) is 15.5. The number of likely N-dealkylation sites (tertiary alicyclic amines) is 1. The van der Waals surface area contributed by atoms with E-state index >= 15 is 0 Å². The molecular formula is C19H29N3O3. The lowest BCUT2D eigenvalue weighted by molar-refractivity contribution is -0.122. The highest BCUT2D eigenvalue weighted by atomic mass is 16.5. The first-order valence-corrected chi connectivity index (χ1v) is 8.91. The fourth-order valence-corrected chi connectivity index (χ4v) is 2.93. The molecule has 6 heteroatoms. The first kappa shape index (κ1) is 19.1. The summed E-state index contributed by atoms with van der Waals surface area (Å²) >= 11 is 0. The van der Waals surface area contributed by atoms with Crippen LogP contribution >= 0.6 is 0 Å². The van der Waals surface area contributed by atoms with Gasteiger partial charge in [0.15, 0.2) is 0 Å². The van der Waals surface area contributed by atoms with Crippen LogP contribution in [0.4, 0.5) is 4.79 Å². The molecule has 1 aliphatic heterocycles. The molecule has 1 aliphatic rings. The summed E-state index contributed by atoms with van der Waals surface area (Å²) in [6.07, 6.45) is 2.77. The number of rotatable bonds is 6. The van der Waals surface area contributed by atoms with E-state index in [4.69, 9.17) is 4.74 Å². The van der Waals surface area contributed by atoms with Gasteiger partial charge in [0.2, 0.25) is 5.91 Å². The Bertz CT molecular complexity index is 581. The molecule has 6 nitrogen and oxygen atoms in total. The number of carbonyl (C=O) groups excluding carboxylic acids is 2. The molecule has 0 saturated carbocycles. The molecule has 1 aromatic rings. The standard InChI is InChI=1S/C19H29N3O3/c1-15-7-4-5-8-17(15)25-14-6-9-18(23)20-16-10-12-22(13-11-16)19(24)21(2)3/h4-5,7-8,16H,6,9-14H2,1-3H3,(H,20,23). The van der Waals surface area contributed by atoms with Crippen molar-refractivity contribution >= 4 is 11.9 Å². The van der Waals surface area contributed by atoms with E-state index in [1.807, 2.05) is 36.1 Å². The first-order valence-electron chi connectivity index (χ1n) is 8.91. The van der Waals surface area contributed by atoms with Crippen LogP contribution in [0.5, 0.6) is 5.75 Å². The molecule has 25 heavy (non-hydrogen) atoms. The summed E-state index contributed by atoms with van der Waals surface area (Å²) in [7, 11) is 3.52. The molecule has 0 atom stereocenters. The summed E-state index contributed by atoms with van der Waals surface area (Å²) < 4.78 is 5.71. The van der Waals surface area contributed by atoms with Crippen LogP contribution in [-0.2, 0) is 4.79 Å². The minimum absolute atomic E-state index is 0.0399. The van der Waals surface area contributed by atoms with Gasteiger partial charge in [0.25, 0.3) is 0 Å². The van der Waals surface area contributed by atoms with Gasteiger partial charge in [-0.3, -0.25) is 4.79 Å². The van der Waals surface area contributed by atoms with Crippen molar-refractivity contribution in [2.75, 3.05) is 33.8 Å². The van der Waals surface area contributed by atoms with Crippen LogP contribution in [0.1, 0.15) is 31.2 Å². The minimum atomic E-state index is 0.0399. The van der Waals surface area contributed by atoms with E-state index in [0.717, 1.165) is 24.2 Å². The number of aryl methyl sites for hydroxylation is 1. The Hall–Kier alpha value is -2.24. The second-order valence-corrected chi connectivity index (χ2v) is 6.72. The van der Waals surface area contributed by atoms with Gasteiger partial charge in [0, 0.05) is 39.6 Å². The molecule has 1 saturated heterocycles. The molecule has 0 aliphatic carbocycles. The Morgan fingerprint density at radius 1 is 1.24 bits per heavy atom. The highest BCUT2D eigenvalue weighted by Gasteiger charge is 2.24. The quantitative estimate of drug-likeness (QED) is 0.804. The van der Waals surface area contributed by atoms with Gasteiger partial charge in [-0.1, -0.05) is 18.2 Å². The van der Waals surface area contributed by atoms with E-state index in [9.17, 15) is 9.59 Å². The first-order chi connectivity index (χ1) is 12.0. The van der Waals surface area contributed by atoms with Crippen LogP contribution in [0, 0.1) is 6.92 Å². The van der Waals surface area contributed by atoms with E-state index < -0.39 is 0 Å². The Kier molecular flexibility index (Phi) is 7.10. The summed E-state index contributed by atoms with van der Waals surface area (Å²) in [5.74, 6) is 0.937. The second-order valence-electron chi connectivity index (χ2n) is 6.72. The SMILES string of the molecule is Cc1ccccc1OCCCC(=O)NC1CCN(C(=O)N(C)C)CC1. The van der Waals surface area contributed by atoms with Crippen molar-refractivity contribution in [2.24, 2.45) is 0 Å².